The molecule has 2 rings (SSSR count). The molecule has 2 atom stereocenters. The SMILES string of the molecule is C=CCN[C@@H]1CCc2ccccc2[C@@H]1CC=C.Cl. The lowest BCUT2D eigenvalue weighted by Crippen LogP contribution is -2.38. The van der Waals surface area contributed by atoms with Crippen LogP contribution in [0, 0.1) is 0 Å². The standard InChI is InChI=1S/C16H21N.ClH/c1-3-7-15-14-9-6-5-8-13(14)10-11-16(15)17-12-4-2;/h3-6,8-9,15-17H,1-2,7,10-12H2;1H/t15-,16+;/m0./s1. The number of hydrogen-bond donors (Lipinski definition) is 1. The first-order chi connectivity index (χ1) is 8.36. The third-order valence-electron chi connectivity index (χ3n) is 3.61. The van der Waals surface area contributed by atoms with Gasteiger partial charge >= 0.3 is 0 Å². The summed E-state index contributed by atoms with van der Waals surface area (Å²) in [6, 6.07) is 9.37. The van der Waals surface area contributed by atoms with Crippen LogP contribution in [-0.4, -0.2) is 12.6 Å². The Labute approximate surface area is 116 Å². The van der Waals surface area contributed by atoms with Crippen molar-refractivity contribution in [1.29, 1.82) is 0 Å². The number of rotatable bonds is 5. The Morgan fingerprint density at radius 1 is 1.22 bits per heavy atom. The molecular weight excluding hydrogens is 242 g/mol. The van der Waals surface area contributed by atoms with Gasteiger partial charge in [-0.3, -0.25) is 0 Å². The van der Waals surface area contributed by atoms with Crippen molar-refractivity contribution in [2.24, 2.45) is 0 Å². The zero-order chi connectivity index (χ0) is 12.1. The lowest BCUT2D eigenvalue weighted by Gasteiger charge is -2.33. The van der Waals surface area contributed by atoms with E-state index in [0.29, 0.717) is 12.0 Å². The summed E-state index contributed by atoms with van der Waals surface area (Å²) in [7, 11) is 0. The van der Waals surface area contributed by atoms with Crippen molar-refractivity contribution >= 4 is 12.4 Å². The molecular formula is C16H22ClN. The normalized spacial score (nSPS) is 21.6. The quantitative estimate of drug-likeness (QED) is 0.796. The van der Waals surface area contributed by atoms with E-state index in [-0.39, 0.29) is 12.4 Å². The van der Waals surface area contributed by atoms with Crippen molar-refractivity contribution in [3.8, 4) is 0 Å². The van der Waals surface area contributed by atoms with Crippen LogP contribution in [-0.2, 0) is 6.42 Å². The maximum Gasteiger partial charge on any atom is 0.0145 e. The van der Waals surface area contributed by atoms with Crippen molar-refractivity contribution in [3.05, 3.63) is 60.7 Å². The Morgan fingerprint density at radius 3 is 2.72 bits per heavy atom. The molecule has 18 heavy (non-hydrogen) atoms. The summed E-state index contributed by atoms with van der Waals surface area (Å²) < 4.78 is 0. The van der Waals surface area contributed by atoms with Crippen molar-refractivity contribution in [3.63, 3.8) is 0 Å². The fourth-order valence-corrected chi connectivity index (χ4v) is 2.80. The molecule has 1 N–H and O–H groups in total. The van der Waals surface area contributed by atoms with Gasteiger partial charge in [0.25, 0.3) is 0 Å². The van der Waals surface area contributed by atoms with Gasteiger partial charge in [0.1, 0.15) is 0 Å². The van der Waals surface area contributed by atoms with Crippen LogP contribution in [0.15, 0.2) is 49.6 Å². The highest BCUT2D eigenvalue weighted by Gasteiger charge is 2.27. The predicted molar refractivity (Wildman–Crippen MR) is 81.6 cm³/mol. The van der Waals surface area contributed by atoms with Gasteiger partial charge in [0.15, 0.2) is 0 Å². The minimum absolute atomic E-state index is 0. The zero-order valence-electron chi connectivity index (χ0n) is 10.8. The minimum atomic E-state index is 0. The lowest BCUT2D eigenvalue weighted by atomic mass is 9.77. The Morgan fingerprint density at radius 2 is 2.00 bits per heavy atom. The van der Waals surface area contributed by atoms with Crippen LogP contribution < -0.4 is 5.32 Å². The third kappa shape index (κ3) is 3.24. The van der Waals surface area contributed by atoms with E-state index in [2.05, 4.69) is 42.7 Å². The van der Waals surface area contributed by atoms with E-state index < -0.39 is 0 Å². The fourth-order valence-electron chi connectivity index (χ4n) is 2.80. The summed E-state index contributed by atoms with van der Waals surface area (Å²) in [6.07, 6.45) is 7.41. The molecule has 1 aliphatic carbocycles. The van der Waals surface area contributed by atoms with Gasteiger partial charge in [-0.25, -0.2) is 0 Å². The summed E-state index contributed by atoms with van der Waals surface area (Å²) in [5.41, 5.74) is 3.01. The molecule has 0 aromatic heterocycles. The maximum absolute atomic E-state index is 3.89. The van der Waals surface area contributed by atoms with Gasteiger partial charge in [0, 0.05) is 18.5 Å². The van der Waals surface area contributed by atoms with Crippen LogP contribution in [0.4, 0.5) is 0 Å². The van der Waals surface area contributed by atoms with E-state index in [4.69, 9.17) is 0 Å². The van der Waals surface area contributed by atoms with Gasteiger partial charge in [-0.05, 0) is 30.4 Å². The summed E-state index contributed by atoms with van der Waals surface area (Å²) in [6.45, 7) is 8.56. The van der Waals surface area contributed by atoms with Gasteiger partial charge in [-0.15, -0.1) is 25.6 Å². The number of halogens is 1. The van der Waals surface area contributed by atoms with Crippen LogP contribution in [0.1, 0.15) is 29.9 Å². The molecule has 0 heterocycles. The van der Waals surface area contributed by atoms with Crippen LogP contribution in [0.5, 0.6) is 0 Å². The maximum atomic E-state index is 3.89. The Balaban J connectivity index is 0.00000162. The molecule has 0 saturated carbocycles. The van der Waals surface area contributed by atoms with Crippen molar-refractivity contribution < 1.29 is 0 Å². The number of fused-ring (bicyclic) bond motifs is 1. The lowest BCUT2D eigenvalue weighted by molar-refractivity contribution is 0.402. The number of nitrogens with one attached hydrogen (secondary N) is 1. The first-order valence-electron chi connectivity index (χ1n) is 6.39. The van der Waals surface area contributed by atoms with E-state index in [9.17, 15) is 0 Å². The molecule has 98 valence electrons. The van der Waals surface area contributed by atoms with Gasteiger partial charge in [-0.2, -0.15) is 0 Å². The first kappa shape index (κ1) is 15.0. The number of allylic oxidation sites excluding steroid dienone is 1. The second kappa shape index (κ2) is 7.40. The van der Waals surface area contributed by atoms with Crippen molar-refractivity contribution in [2.45, 2.75) is 31.2 Å². The largest absolute Gasteiger partial charge is 0.310 e. The highest BCUT2D eigenvalue weighted by atomic mass is 35.5. The average molecular weight is 264 g/mol. The van der Waals surface area contributed by atoms with Crippen LogP contribution >= 0.6 is 12.4 Å². The predicted octanol–water partition coefficient (Wildman–Crippen LogP) is 3.86. The third-order valence-corrected chi connectivity index (χ3v) is 3.61. The van der Waals surface area contributed by atoms with E-state index in [1.807, 2.05) is 12.2 Å². The Kier molecular flexibility index (Phi) is 6.17. The van der Waals surface area contributed by atoms with Crippen molar-refractivity contribution in [2.75, 3.05) is 6.54 Å². The molecule has 0 bridgehead atoms. The molecule has 0 aliphatic heterocycles. The molecule has 1 nitrogen and oxygen atoms in total. The molecule has 2 heteroatoms. The van der Waals surface area contributed by atoms with Gasteiger partial charge in [0.2, 0.25) is 0 Å². The second-order valence-corrected chi connectivity index (χ2v) is 4.67. The summed E-state index contributed by atoms with van der Waals surface area (Å²) in [5.74, 6) is 0.567. The van der Waals surface area contributed by atoms with Gasteiger partial charge < -0.3 is 5.32 Å². The fraction of sp³-hybridized carbons (Fsp3) is 0.375. The number of aryl methyl sites for hydroxylation is 1. The summed E-state index contributed by atoms with van der Waals surface area (Å²) in [4.78, 5) is 0. The highest BCUT2D eigenvalue weighted by molar-refractivity contribution is 5.85. The van der Waals surface area contributed by atoms with Crippen LogP contribution in [0.25, 0.3) is 0 Å². The topological polar surface area (TPSA) is 12.0 Å². The van der Waals surface area contributed by atoms with E-state index in [0.717, 1.165) is 13.0 Å². The Hall–Kier alpha value is -1.05. The molecule has 0 radical (unpaired) electrons. The smallest absolute Gasteiger partial charge is 0.0145 e. The molecule has 1 aliphatic rings. The number of hydrogen-bond acceptors (Lipinski definition) is 1. The highest BCUT2D eigenvalue weighted by Crippen LogP contribution is 2.34. The second-order valence-electron chi connectivity index (χ2n) is 4.67. The van der Waals surface area contributed by atoms with E-state index >= 15 is 0 Å². The van der Waals surface area contributed by atoms with E-state index in [1.54, 1.807) is 0 Å². The van der Waals surface area contributed by atoms with Crippen molar-refractivity contribution in [1.82, 2.24) is 5.32 Å². The molecule has 0 amide bonds. The van der Waals surface area contributed by atoms with Crippen LogP contribution in [0.3, 0.4) is 0 Å². The molecule has 1 aromatic carbocycles. The zero-order valence-corrected chi connectivity index (χ0v) is 11.6. The summed E-state index contributed by atoms with van der Waals surface area (Å²) in [5, 5.41) is 3.58. The monoisotopic (exact) mass is 263 g/mol. The molecule has 1 aromatic rings. The first-order valence-corrected chi connectivity index (χ1v) is 6.39. The van der Waals surface area contributed by atoms with Gasteiger partial charge in [-0.1, -0.05) is 36.4 Å². The average Bonchev–Trinajstić information content (AvgIpc) is 2.38. The summed E-state index contributed by atoms with van der Waals surface area (Å²) >= 11 is 0. The minimum Gasteiger partial charge on any atom is -0.310 e. The molecule has 0 fully saturated rings. The molecule has 0 saturated heterocycles. The Bertz CT molecular complexity index is 400. The molecule has 0 unspecified atom stereocenters. The van der Waals surface area contributed by atoms with Crippen LogP contribution in [0.2, 0.25) is 0 Å². The molecule has 0 spiro atoms. The van der Waals surface area contributed by atoms with Gasteiger partial charge in [0.05, 0.1) is 0 Å². The number of benzene rings is 1. The van der Waals surface area contributed by atoms with E-state index in [1.165, 1.54) is 24.0 Å².